The monoisotopic (exact) mass is 451 g/mol. The maximum Gasteiger partial charge on any atom is 0.226 e. The molecule has 0 saturated carbocycles. The minimum absolute atomic E-state index is 0.206. The minimum atomic E-state index is 0.206. The molecule has 0 atom stereocenters. The number of benzene rings is 4. The summed E-state index contributed by atoms with van der Waals surface area (Å²) in [4.78, 5) is 14.0. The highest BCUT2D eigenvalue weighted by Crippen LogP contribution is 2.24. The molecule has 0 amide bonds. The first-order valence-electron chi connectivity index (χ1n) is 11.6. The fourth-order valence-electron chi connectivity index (χ4n) is 5.29. The molecule has 0 saturated heterocycles. The van der Waals surface area contributed by atoms with E-state index >= 15 is 0 Å². The molecule has 11 heteroatoms. The van der Waals surface area contributed by atoms with Crippen LogP contribution in [0.1, 0.15) is 0 Å². The van der Waals surface area contributed by atoms with Gasteiger partial charge in [0.05, 0.1) is 0 Å². The molecular weight excluding hydrogens is 429 g/mol. The predicted octanol–water partition coefficient (Wildman–Crippen LogP) is -6.03. The molecule has 0 aliphatic heterocycles. The summed E-state index contributed by atoms with van der Waals surface area (Å²) in [5.74, 6) is 1.21. The molecule has 0 unspecified atom stereocenters. The summed E-state index contributed by atoms with van der Waals surface area (Å²) in [6, 6.07) is 14.5. The van der Waals surface area contributed by atoms with Crippen LogP contribution in [0.25, 0.3) is 44.3 Å². The van der Waals surface area contributed by atoms with E-state index in [0.29, 0.717) is 11.6 Å². The van der Waals surface area contributed by atoms with Crippen molar-refractivity contribution in [2.45, 2.75) is 0 Å². The van der Waals surface area contributed by atoms with Crippen LogP contribution in [0.15, 0.2) is 42.5 Å². The van der Waals surface area contributed by atoms with E-state index < -0.39 is 0 Å². The van der Waals surface area contributed by atoms with Gasteiger partial charge in [0.2, 0.25) is 5.28 Å². The molecule has 4 aromatic carbocycles. The van der Waals surface area contributed by atoms with Crippen LogP contribution in [-0.2, 0) is 0 Å². The second-order valence-electron chi connectivity index (χ2n) is 9.31. The van der Waals surface area contributed by atoms with Gasteiger partial charge in [-0.2, -0.15) is 9.97 Å². The second-order valence-corrected chi connectivity index (χ2v) is 9.65. The van der Waals surface area contributed by atoms with Crippen molar-refractivity contribution in [3.63, 3.8) is 0 Å². The SMILES string of the molecule is Bc1c(B)c(B)c2c(B)c(-c3nc(Cl)nc(-c4ccc5ccccc5c4)n3)c(B)c(B)c2c1B. The highest BCUT2D eigenvalue weighted by Gasteiger charge is 2.20. The highest BCUT2D eigenvalue weighted by atomic mass is 35.5. The average molecular weight is 451 g/mol. The van der Waals surface area contributed by atoms with Crippen molar-refractivity contribution < 1.29 is 0 Å². The van der Waals surface area contributed by atoms with Crippen molar-refractivity contribution in [1.29, 1.82) is 0 Å². The molecule has 5 aromatic rings. The van der Waals surface area contributed by atoms with E-state index in [9.17, 15) is 0 Å². The summed E-state index contributed by atoms with van der Waals surface area (Å²) in [6.45, 7) is 0. The smallest absolute Gasteiger partial charge is 0.208 e. The van der Waals surface area contributed by atoms with Gasteiger partial charge in [-0.25, -0.2) is 4.98 Å². The van der Waals surface area contributed by atoms with Gasteiger partial charge in [0.1, 0.15) is 54.9 Å². The van der Waals surface area contributed by atoms with Crippen LogP contribution in [-0.4, -0.2) is 69.9 Å². The van der Waals surface area contributed by atoms with E-state index in [-0.39, 0.29) is 5.28 Å². The Morgan fingerprint density at radius 3 is 1.76 bits per heavy atom. The molecule has 0 fully saturated rings. The quantitative estimate of drug-likeness (QED) is 0.252. The van der Waals surface area contributed by atoms with Crippen LogP contribution in [0, 0.1) is 0 Å². The Morgan fingerprint density at radius 2 is 1.09 bits per heavy atom. The van der Waals surface area contributed by atoms with Gasteiger partial charge in [-0.05, 0) is 39.2 Å². The molecule has 0 bridgehead atoms. The molecule has 0 aliphatic rings. The van der Waals surface area contributed by atoms with Crippen LogP contribution in [0.2, 0.25) is 5.28 Å². The lowest BCUT2D eigenvalue weighted by molar-refractivity contribution is 1.07. The summed E-state index contributed by atoms with van der Waals surface area (Å²) < 4.78 is 0. The lowest BCUT2D eigenvalue weighted by Gasteiger charge is -2.24. The van der Waals surface area contributed by atoms with Gasteiger partial charge >= 0.3 is 0 Å². The number of rotatable bonds is 2. The van der Waals surface area contributed by atoms with Crippen molar-refractivity contribution in [2.24, 2.45) is 0 Å². The number of fused-ring (bicyclic) bond motifs is 2. The van der Waals surface area contributed by atoms with Gasteiger partial charge in [0.15, 0.2) is 11.6 Å². The van der Waals surface area contributed by atoms with Crippen LogP contribution < -0.4 is 38.2 Å². The Morgan fingerprint density at radius 1 is 0.529 bits per heavy atom. The standard InChI is InChI=1S/C23H21B7ClN3/c24-14-11-12(17(27)20(30)19(29)16(11)26)15(25)18(28)13(14)22-32-21(33-23(31)34-22)10-6-5-8-3-1-2-4-9(8)7-10/h1-7H,24-30H2. The van der Waals surface area contributed by atoms with Crippen molar-refractivity contribution >= 4 is 126 Å². The summed E-state index contributed by atoms with van der Waals surface area (Å²) in [5.41, 5.74) is 11.0. The Labute approximate surface area is 211 Å². The van der Waals surface area contributed by atoms with Gasteiger partial charge < -0.3 is 0 Å². The van der Waals surface area contributed by atoms with Crippen LogP contribution >= 0.6 is 11.6 Å². The van der Waals surface area contributed by atoms with E-state index in [1.54, 1.807) is 0 Å². The Kier molecular flexibility index (Phi) is 5.68. The van der Waals surface area contributed by atoms with Crippen LogP contribution in [0.4, 0.5) is 0 Å². The number of nitrogens with zero attached hydrogens (tertiary/aromatic N) is 3. The summed E-state index contributed by atoms with van der Waals surface area (Å²) >= 11 is 6.47. The molecule has 1 heterocycles. The largest absolute Gasteiger partial charge is 0.226 e. The van der Waals surface area contributed by atoms with Crippen LogP contribution in [0.5, 0.6) is 0 Å². The lowest BCUT2D eigenvalue weighted by atomic mass is 9.59. The van der Waals surface area contributed by atoms with Gasteiger partial charge in [-0.3, -0.25) is 0 Å². The second kappa shape index (κ2) is 8.43. The maximum absolute atomic E-state index is 6.47. The summed E-state index contributed by atoms with van der Waals surface area (Å²) in [7, 11) is 15.4. The van der Waals surface area contributed by atoms with Gasteiger partial charge in [0.25, 0.3) is 0 Å². The van der Waals surface area contributed by atoms with Crippen LogP contribution in [0.3, 0.4) is 0 Å². The maximum atomic E-state index is 6.47. The number of aromatic nitrogens is 3. The molecule has 0 radical (unpaired) electrons. The summed E-state index contributed by atoms with van der Waals surface area (Å²) in [5, 5.41) is 5.17. The number of hydrogen-bond donors (Lipinski definition) is 0. The predicted molar refractivity (Wildman–Crippen MR) is 168 cm³/mol. The normalized spacial score (nSPS) is 11.3. The number of hydrogen-bond acceptors (Lipinski definition) is 3. The number of halogens is 1. The first-order valence-corrected chi connectivity index (χ1v) is 12.0. The molecule has 156 valence electrons. The molecule has 0 N–H and O–H groups in total. The fraction of sp³-hybridized carbons (Fsp3) is 0. The topological polar surface area (TPSA) is 38.7 Å². The Balaban J connectivity index is 1.80. The van der Waals surface area contributed by atoms with E-state index in [0.717, 1.165) is 16.5 Å². The van der Waals surface area contributed by atoms with Crippen molar-refractivity contribution in [3.8, 4) is 22.8 Å². The molecule has 0 aliphatic carbocycles. The van der Waals surface area contributed by atoms with Gasteiger partial charge in [-0.1, -0.05) is 63.7 Å². The van der Waals surface area contributed by atoms with Crippen molar-refractivity contribution in [1.82, 2.24) is 15.0 Å². The Bertz CT molecular complexity index is 1660. The lowest BCUT2D eigenvalue weighted by Crippen LogP contribution is -2.52. The first kappa shape index (κ1) is 22.9. The molecule has 0 spiro atoms. The van der Waals surface area contributed by atoms with Gasteiger partial charge in [0, 0.05) is 11.1 Å². The third kappa shape index (κ3) is 3.51. The first-order chi connectivity index (χ1) is 16.2. The zero-order valence-electron chi connectivity index (χ0n) is 20.8. The third-order valence-corrected chi connectivity index (χ3v) is 7.76. The highest BCUT2D eigenvalue weighted by molar-refractivity contribution is 6.72. The zero-order valence-corrected chi connectivity index (χ0v) is 21.5. The molecule has 1 aromatic heterocycles. The van der Waals surface area contributed by atoms with E-state index in [1.807, 2.05) is 18.2 Å². The van der Waals surface area contributed by atoms with E-state index in [2.05, 4.69) is 89.2 Å². The fourth-order valence-corrected chi connectivity index (χ4v) is 5.45. The van der Waals surface area contributed by atoms with E-state index in [4.69, 9.17) is 16.6 Å². The van der Waals surface area contributed by atoms with Gasteiger partial charge in [-0.15, -0.1) is 10.9 Å². The van der Waals surface area contributed by atoms with Crippen molar-refractivity contribution in [2.75, 3.05) is 0 Å². The molecule has 34 heavy (non-hydrogen) atoms. The Hall–Kier alpha value is -2.85. The molecular formula is C23H21B7ClN3. The third-order valence-electron chi connectivity index (χ3n) is 7.59. The molecule has 3 nitrogen and oxygen atoms in total. The van der Waals surface area contributed by atoms with Crippen molar-refractivity contribution in [3.05, 3.63) is 47.7 Å². The zero-order chi connectivity index (χ0) is 24.3. The average Bonchev–Trinajstić information content (AvgIpc) is 2.83. The summed E-state index contributed by atoms with van der Waals surface area (Å²) in [6.07, 6.45) is 0. The minimum Gasteiger partial charge on any atom is -0.208 e. The van der Waals surface area contributed by atoms with E-state index in [1.165, 1.54) is 54.4 Å². The molecule has 5 rings (SSSR count).